The molecule has 5 N–H and O–H groups in total. The number of carbonyl (C=O) groups is 4. The van der Waals surface area contributed by atoms with Crippen LogP contribution in [0.2, 0.25) is 0 Å². The van der Waals surface area contributed by atoms with E-state index in [-0.39, 0.29) is 41.2 Å². The first-order valence-corrected chi connectivity index (χ1v) is 14.0. The zero-order valence-corrected chi connectivity index (χ0v) is 24.8. The van der Waals surface area contributed by atoms with E-state index in [0.717, 1.165) is 6.42 Å². The molecule has 0 fully saturated rings. The van der Waals surface area contributed by atoms with E-state index >= 15 is 0 Å². The van der Waals surface area contributed by atoms with E-state index in [9.17, 15) is 24.3 Å². The highest BCUT2D eigenvalue weighted by molar-refractivity contribution is 5.93. The molecule has 3 aromatic carbocycles. The predicted octanol–water partition coefficient (Wildman–Crippen LogP) is 3.79. The molecule has 43 heavy (non-hydrogen) atoms. The molecule has 2 atom stereocenters. The second-order valence-corrected chi connectivity index (χ2v) is 11.1. The van der Waals surface area contributed by atoms with Gasteiger partial charge in [0, 0.05) is 5.56 Å². The third-order valence-electron chi connectivity index (χ3n) is 6.63. The second kappa shape index (κ2) is 14.1. The van der Waals surface area contributed by atoms with Gasteiger partial charge in [0.15, 0.2) is 5.60 Å². The van der Waals surface area contributed by atoms with Crippen molar-refractivity contribution in [2.24, 2.45) is 16.9 Å². The first kappa shape index (κ1) is 33.0. The van der Waals surface area contributed by atoms with Crippen molar-refractivity contribution in [1.29, 1.82) is 0 Å². The SMILES string of the molecule is CCCCOC(=O)c1cc(OC(=O)C(C)(C)C)ccc1CC(N)C(=O)Oc1ccccc1C(O)(C(N)=O)c1ccccc1. The van der Waals surface area contributed by atoms with Crippen LogP contribution >= 0.6 is 0 Å². The first-order valence-electron chi connectivity index (χ1n) is 14.0. The molecule has 228 valence electrons. The molecule has 10 heteroatoms. The maximum Gasteiger partial charge on any atom is 0.338 e. The molecule has 0 aliphatic rings. The summed E-state index contributed by atoms with van der Waals surface area (Å²) in [6.45, 7) is 7.26. The Balaban J connectivity index is 1.89. The van der Waals surface area contributed by atoms with E-state index in [2.05, 4.69) is 0 Å². The van der Waals surface area contributed by atoms with E-state index in [0.29, 0.717) is 12.0 Å². The number of hydrogen-bond donors (Lipinski definition) is 3. The van der Waals surface area contributed by atoms with Gasteiger partial charge >= 0.3 is 17.9 Å². The van der Waals surface area contributed by atoms with Crippen molar-refractivity contribution in [3.8, 4) is 11.5 Å². The predicted molar refractivity (Wildman–Crippen MR) is 159 cm³/mol. The van der Waals surface area contributed by atoms with E-state index in [1.54, 1.807) is 51.1 Å². The van der Waals surface area contributed by atoms with Crippen molar-refractivity contribution >= 4 is 23.8 Å². The monoisotopic (exact) mass is 590 g/mol. The fraction of sp³-hybridized carbons (Fsp3) is 0.333. The van der Waals surface area contributed by atoms with Gasteiger partial charge in [-0.25, -0.2) is 9.59 Å². The van der Waals surface area contributed by atoms with Gasteiger partial charge < -0.3 is 30.8 Å². The molecule has 0 aliphatic carbocycles. The van der Waals surface area contributed by atoms with Crippen LogP contribution in [-0.2, 0) is 31.1 Å². The van der Waals surface area contributed by atoms with Gasteiger partial charge in [0.05, 0.1) is 17.6 Å². The van der Waals surface area contributed by atoms with E-state index < -0.39 is 40.9 Å². The molecule has 0 radical (unpaired) electrons. The lowest BCUT2D eigenvalue weighted by atomic mass is 9.85. The molecule has 1 amide bonds. The highest BCUT2D eigenvalue weighted by atomic mass is 16.5. The lowest BCUT2D eigenvalue weighted by molar-refractivity contribution is -0.143. The van der Waals surface area contributed by atoms with Gasteiger partial charge in [-0.05, 0) is 62.9 Å². The Morgan fingerprint density at radius 1 is 0.907 bits per heavy atom. The summed E-state index contributed by atoms with van der Waals surface area (Å²) >= 11 is 0. The lowest BCUT2D eigenvalue weighted by Crippen LogP contribution is -2.43. The lowest BCUT2D eigenvalue weighted by Gasteiger charge is -2.27. The Hall–Kier alpha value is -4.54. The molecule has 3 aromatic rings. The highest BCUT2D eigenvalue weighted by Gasteiger charge is 2.41. The number of unbranched alkanes of at least 4 members (excludes halogenated alkanes) is 1. The van der Waals surface area contributed by atoms with Crippen LogP contribution in [0.3, 0.4) is 0 Å². The summed E-state index contributed by atoms with van der Waals surface area (Å²) in [6.07, 6.45) is 1.34. The Kier molecular flexibility index (Phi) is 10.8. The van der Waals surface area contributed by atoms with Crippen LogP contribution in [0.15, 0.2) is 72.8 Å². The Labute approximate surface area is 250 Å². The molecule has 0 saturated heterocycles. The summed E-state index contributed by atoms with van der Waals surface area (Å²) in [4.78, 5) is 51.1. The average Bonchev–Trinajstić information content (AvgIpc) is 2.97. The largest absolute Gasteiger partial charge is 0.462 e. The van der Waals surface area contributed by atoms with Crippen LogP contribution < -0.4 is 20.9 Å². The minimum Gasteiger partial charge on any atom is -0.462 e. The number of esters is 3. The number of hydrogen-bond acceptors (Lipinski definition) is 9. The zero-order valence-electron chi connectivity index (χ0n) is 24.8. The van der Waals surface area contributed by atoms with Gasteiger partial charge in [-0.15, -0.1) is 0 Å². The van der Waals surface area contributed by atoms with Crippen molar-refractivity contribution in [2.45, 2.75) is 58.6 Å². The highest BCUT2D eigenvalue weighted by Crippen LogP contribution is 2.36. The smallest absolute Gasteiger partial charge is 0.338 e. The van der Waals surface area contributed by atoms with Crippen LogP contribution in [0.25, 0.3) is 0 Å². The number of aliphatic hydroxyl groups is 1. The zero-order chi connectivity index (χ0) is 31.8. The number of rotatable bonds is 12. The molecule has 0 heterocycles. The van der Waals surface area contributed by atoms with Crippen molar-refractivity contribution in [3.63, 3.8) is 0 Å². The average molecular weight is 591 g/mol. The molecule has 0 aliphatic heterocycles. The number of nitrogens with two attached hydrogens (primary N) is 2. The summed E-state index contributed by atoms with van der Waals surface area (Å²) in [5.41, 5.74) is 9.39. The molecule has 0 aromatic heterocycles. The van der Waals surface area contributed by atoms with Gasteiger partial charge in [0.1, 0.15) is 17.5 Å². The van der Waals surface area contributed by atoms with Crippen molar-refractivity contribution in [1.82, 2.24) is 0 Å². The summed E-state index contributed by atoms with van der Waals surface area (Å²) in [5, 5.41) is 11.4. The summed E-state index contributed by atoms with van der Waals surface area (Å²) in [5.74, 6) is -3.07. The first-order chi connectivity index (χ1) is 20.3. The maximum absolute atomic E-state index is 13.2. The maximum atomic E-state index is 13.2. The summed E-state index contributed by atoms with van der Waals surface area (Å²) in [7, 11) is 0. The number of benzene rings is 3. The normalized spacial score (nSPS) is 13.3. The number of carbonyl (C=O) groups excluding carboxylic acids is 4. The van der Waals surface area contributed by atoms with Crippen molar-refractivity contribution < 1.29 is 38.5 Å². The minimum absolute atomic E-state index is 0.0422. The van der Waals surface area contributed by atoms with Crippen LogP contribution in [0, 0.1) is 5.41 Å². The van der Waals surface area contributed by atoms with Crippen molar-refractivity contribution in [3.05, 3.63) is 95.1 Å². The molecule has 3 rings (SSSR count). The van der Waals surface area contributed by atoms with Crippen LogP contribution in [0.1, 0.15) is 67.6 Å². The molecular weight excluding hydrogens is 552 g/mol. The van der Waals surface area contributed by atoms with Crippen LogP contribution in [-0.4, -0.2) is 41.6 Å². The van der Waals surface area contributed by atoms with E-state index in [4.69, 9.17) is 25.7 Å². The van der Waals surface area contributed by atoms with Gasteiger partial charge in [-0.1, -0.05) is 67.9 Å². The fourth-order valence-corrected chi connectivity index (χ4v) is 4.10. The number of ether oxygens (including phenoxy) is 3. The standard InChI is InChI=1S/C33H38N2O8/c1-5-6-18-41-28(36)24-20-23(42-31(39)32(2,3)4)17-16-21(24)19-26(34)29(37)43-27-15-11-10-14-25(27)33(40,30(35)38)22-12-8-7-9-13-22/h7-17,20,26,40H,5-6,18-19,34H2,1-4H3,(H2,35,38). The Bertz CT molecular complexity index is 1470. The third-order valence-corrected chi connectivity index (χ3v) is 6.63. The molecule has 0 bridgehead atoms. The second-order valence-electron chi connectivity index (χ2n) is 11.1. The van der Waals surface area contributed by atoms with Gasteiger partial charge in [-0.3, -0.25) is 9.59 Å². The Morgan fingerprint density at radius 2 is 1.56 bits per heavy atom. The molecule has 0 saturated carbocycles. The Morgan fingerprint density at radius 3 is 2.19 bits per heavy atom. The quantitative estimate of drug-likeness (QED) is 0.161. The summed E-state index contributed by atoms with van der Waals surface area (Å²) in [6, 6.07) is 17.1. The van der Waals surface area contributed by atoms with Crippen LogP contribution in [0.4, 0.5) is 0 Å². The third kappa shape index (κ3) is 8.06. The van der Waals surface area contributed by atoms with E-state index in [1.807, 2.05) is 6.92 Å². The van der Waals surface area contributed by atoms with Gasteiger partial charge in [0.2, 0.25) is 0 Å². The van der Waals surface area contributed by atoms with Crippen molar-refractivity contribution in [2.75, 3.05) is 6.61 Å². The van der Waals surface area contributed by atoms with Gasteiger partial charge in [-0.2, -0.15) is 0 Å². The summed E-state index contributed by atoms with van der Waals surface area (Å²) < 4.78 is 16.4. The molecule has 2 unspecified atom stereocenters. The molecule has 10 nitrogen and oxygen atoms in total. The minimum atomic E-state index is -2.29. The number of para-hydroxylation sites is 1. The van der Waals surface area contributed by atoms with Crippen LogP contribution in [0.5, 0.6) is 11.5 Å². The molecular formula is C33H38N2O8. The topological polar surface area (TPSA) is 168 Å². The fourth-order valence-electron chi connectivity index (χ4n) is 4.10. The van der Waals surface area contributed by atoms with E-state index in [1.165, 1.54) is 42.5 Å². The number of primary amides is 1. The number of amides is 1. The van der Waals surface area contributed by atoms with Gasteiger partial charge in [0.25, 0.3) is 5.91 Å². The molecule has 0 spiro atoms.